The van der Waals surface area contributed by atoms with E-state index in [9.17, 15) is 13.6 Å². The number of aromatic nitrogens is 2. The van der Waals surface area contributed by atoms with Gasteiger partial charge in [-0.05, 0) is 42.5 Å². The Morgan fingerprint density at radius 2 is 1.77 bits per heavy atom. The van der Waals surface area contributed by atoms with Gasteiger partial charge in [-0.15, -0.1) is 0 Å². The second kappa shape index (κ2) is 8.91. The molecular formula is C22H15Cl2F2N3O2. The molecule has 0 aliphatic carbocycles. The van der Waals surface area contributed by atoms with Gasteiger partial charge >= 0.3 is 0 Å². The highest BCUT2D eigenvalue weighted by Crippen LogP contribution is 2.28. The predicted octanol–water partition coefficient (Wildman–Crippen LogP) is 5.84. The smallest absolute Gasteiger partial charge is 0.244 e. The first kappa shape index (κ1) is 21.1. The molecule has 0 unspecified atom stereocenters. The first-order valence-corrected chi connectivity index (χ1v) is 9.94. The number of rotatable bonds is 6. The molecule has 0 spiro atoms. The van der Waals surface area contributed by atoms with E-state index in [1.165, 1.54) is 6.07 Å². The first-order valence-electron chi connectivity index (χ1n) is 9.18. The Hall–Kier alpha value is -3.16. The molecule has 0 saturated carbocycles. The minimum absolute atomic E-state index is 0.0113. The van der Waals surface area contributed by atoms with E-state index in [0.29, 0.717) is 32.7 Å². The zero-order valence-electron chi connectivity index (χ0n) is 15.9. The van der Waals surface area contributed by atoms with E-state index in [-0.39, 0.29) is 13.2 Å². The summed E-state index contributed by atoms with van der Waals surface area (Å²) in [6, 6.07) is 15.4. The van der Waals surface area contributed by atoms with Gasteiger partial charge in [0, 0.05) is 5.02 Å². The fourth-order valence-electron chi connectivity index (χ4n) is 3.09. The third-order valence-electron chi connectivity index (χ3n) is 4.51. The molecule has 158 valence electrons. The number of fused-ring (bicyclic) bond motifs is 1. The van der Waals surface area contributed by atoms with Crippen LogP contribution >= 0.6 is 23.2 Å². The van der Waals surface area contributed by atoms with Crippen LogP contribution in [0.4, 0.5) is 14.5 Å². The number of halogens is 4. The van der Waals surface area contributed by atoms with Gasteiger partial charge in [-0.1, -0.05) is 41.4 Å². The summed E-state index contributed by atoms with van der Waals surface area (Å²) in [5, 5.41) is 3.09. The largest absolute Gasteiger partial charge is 0.484 e. The van der Waals surface area contributed by atoms with Crippen molar-refractivity contribution in [2.75, 3.05) is 5.32 Å². The van der Waals surface area contributed by atoms with Crippen LogP contribution in [0.3, 0.4) is 0 Å². The summed E-state index contributed by atoms with van der Waals surface area (Å²) in [7, 11) is 0. The van der Waals surface area contributed by atoms with Crippen LogP contribution in [0.5, 0.6) is 5.75 Å². The lowest BCUT2D eigenvalue weighted by Crippen LogP contribution is -2.22. The molecule has 9 heteroatoms. The fourth-order valence-corrected chi connectivity index (χ4v) is 3.55. The van der Waals surface area contributed by atoms with Crippen LogP contribution in [-0.2, 0) is 17.9 Å². The molecule has 5 nitrogen and oxygen atoms in total. The Bertz CT molecular complexity index is 1260. The summed E-state index contributed by atoms with van der Waals surface area (Å²) >= 11 is 12.1. The van der Waals surface area contributed by atoms with E-state index >= 15 is 0 Å². The normalized spacial score (nSPS) is 11.0. The summed E-state index contributed by atoms with van der Waals surface area (Å²) in [6.07, 6.45) is 0. The number of amides is 1. The van der Waals surface area contributed by atoms with Gasteiger partial charge in [0.2, 0.25) is 5.91 Å². The maximum absolute atomic E-state index is 13.9. The van der Waals surface area contributed by atoms with Crippen molar-refractivity contribution in [1.82, 2.24) is 9.55 Å². The maximum Gasteiger partial charge on any atom is 0.244 e. The Morgan fingerprint density at radius 3 is 2.52 bits per heavy atom. The lowest BCUT2D eigenvalue weighted by atomic mass is 10.3. The summed E-state index contributed by atoms with van der Waals surface area (Å²) in [4.78, 5) is 17.1. The van der Waals surface area contributed by atoms with E-state index in [1.807, 2.05) is 6.07 Å². The second-order valence-corrected chi connectivity index (χ2v) is 7.45. The van der Waals surface area contributed by atoms with Gasteiger partial charge in [-0.2, -0.15) is 0 Å². The van der Waals surface area contributed by atoms with Crippen molar-refractivity contribution in [3.8, 4) is 5.75 Å². The molecule has 31 heavy (non-hydrogen) atoms. The van der Waals surface area contributed by atoms with Gasteiger partial charge in [-0.3, -0.25) is 4.79 Å². The van der Waals surface area contributed by atoms with Crippen molar-refractivity contribution in [3.63, 3.8) is 0 Å². The second-order valence-electron chi connectivity index (χ2n) is 6.61. The molecule has 0 fully saturated rings. The number of benzene rings is 3. The maximum atomic E-state index is 13.9. The zero-order chi connectivity index (χ0) is 22.0. The monoisotopic (exact) mass is 461 g/mol. The van der Waals surface area contributed by atoms with Crippen LogP contribution in [-0.4, -0.2) is 15.5 Å². The lowest BCUT2D eigenvalue weighted by Gasteiger charge is -2.12. The van der Waals surface area contributed by atoms with E-state index in [4.69, 9.17) is 27.9 Å². The molecule has 1 aromatic heterocycles. The lowest BCUT2D eigenvalue weighted by molar-refractivity contribution is -0.116. The molecule has 0 aliphatic rings. The Balaban J connectivity index is 1.59. The number of carbonyl (C=O) groups is 1. The highest BCUT2D eigenvalue weighted by molar-refractivity contribution is 6.35. The SMILES string of the molecule is O=C(Cn1c(COc2ccc(Cl)cc2Cl)nc2ccccc21)Nc1c(F)cccc1F. The third kappa shape index (κ3) is 4.62. The van der Waals surface area contributed by atoms with Gasteiger partial charge in [0.1, 0.15) is 42.0 Å². The van der Waals surface area contributed by atoms with Gasteiger partial charge in [0.05, 0.1) is 16.1 Å². The van der Waals surface area contributed by atoms with E-state index < -0.39 is 23.2 Å². The topological polar surface area (TPSA) is 56.2 Å². The molecule has 1 amide bonds. The van der Waals surface area contributed by atoms with Crippen molar-refractivity contribution >= 4 is 45.8 Å². The highest BCUT2D eigenvalue weighted by atomic mass is 35.5. The molecule has 3 aromatic carbocycles. The molecule has 4 aromatic rings. The van der Waals surface area contributed by atoms with Crippen LogP contribution in [0.2, 0.25) is 10.0 Å². The van der Waals surface area contributed by atoms with Crippen molar-refractivity contribution in [2.45, 2.75) is 13.2 Å². The fraction of sp³-hybridized carbons (Fsp3) is 0.0909. The molecular weight excluding hydrogens is 447 g/mol. The molecule has 4 rings (SSSR count). The minimum Gasteiger partial charge on any atom is -0.484 e. The number of anilines is 1. The van der Waals surface area contributed by atoms with E-state index in [2.05, 4.69) is 10.3 Å². The van der Waals surface area contributed by atoms with E-state index in [0.717, 1.165) is 12.1 Å². The Morgan fingerprint density at radius 1 is 1.03 bits per heavy atom. The predicted molar refractivity (Wildman–Crippen MR) is 116 cm³/mol. The van der Waals surface area contributed by atoms with Gasteiger partial charge in [-0.25, -0.2) is 13.8 Å². The Labute approximate surface area is 186 Å². The van der Waals surface area contributed by atoms with Crippen molar-refractivity contribution < 1.29 is 18.3 Å². The van der Waals surface area contributed by atoms with E-state index in [1.54, 1.807) is 41.0 Å². The summed E-state index contributed by atoms with van der Waals surface area (Å²) in [5.74, 6) is -1.48. The van der Waals surface area contributed by atoms with Gasteiger partial charge < -0.3 is 14.6 Å². The first-order chi connectivity index (χ1) is 14.9. The van der Waals surface area contributed by atoms with Gasteiger partial charge in [0.25, 0.3) is 0 Å². The summed E-state index contributed by atoms with van der Waals surface area (Å²) in [6.45, 7) is -0.210. The number of hydrogen-bond donors (Lipinski definition) is 1. The number of carbonyl (C=O) groups excluding carboxylic acids is 1. The number of imidazole rings is 1. The van der Waals surface area contributed by atoms with Crippen molar-refractivity contribution in [2.24, 2.45) is 0 Å². The summed E-state index contributed by atoms with van der Waals surface area (Å²) in [5.41, 5.74) is 0.823. The van der Waals surface area contributed by atoms with Crippen LogP contribution in [0.15, 0.2) is 60.7 Å². The third-order valence-corrected chi connectivity index (χ3v) is 5.04. The number of para-hydroxylation sites is 3. The highest BCUT2D eigenvalue weighted by Gasteiger charge is 2.17. The average Bonchev–Trinajstić information content (AvgIpc) is 3.07. The molecule has 0 radical (unpaired) electrons. The molecule has 0 atom stereocenters. The standard InChI is InChI=1S/C22H15Cl2F2N3O2/c23-13-8-9-19(14(24)10-13)31-12-20-27-17-6-1-2-7-18(17)29(20)11-21(30)28-22-15(25)4-3-5-16(22)26/h1-10H,11-12H2,(H,28,30). The van der Waals surface area contributed by atoms with Crippen LogP contribution in [0, 0.1) is 11.6 Å². The zero-order valence-corrected chi connectivity index (χ0v) is 17.4. The van der Waals surface area contributed by atoms with Gasteiger partial charge in [0.15, 0.2) is 0 Å². The van der Waals surface area contributed by atoms with Crippen molar-refractivity contribution in [3.05, 3.63) is 88.2 Å². The number of hydrogen-bond acceptors (Lipinski definition) is 3. The number of nitrogens with one attached hydrogen (secondary N) is 1. The Kier molecular flexibility index (Phi) is 6.06. The average molecular weight is 462 g/mol. The quantitative estimate of drug-likeness (QED) is 0.392. The molecule has 0 saturated heterocycles. The summed E-state index contributed by atoms with van der Waals surface area (Å²) < 4.78 is 35.1. The van der Waals surface area contributed by atoms with Crippen LogP contribution in [0.25, 0.3) is 11.0 Å². The molecule has 0 bridgehead atoms. The minimum atomic E-state index is -0.857. The molecule has 1 N–H and O–H groups in total. The molecule has 1 heterocycles. The van der Waals surface area contributed by atoms with Crippen LogP contribution < -0.4 is 10.1 Å². The van der Waals surface area contributed by atoms with Crippen LogP contribution in [0.1, 0.15) is 5.82 Å². The number of ether oxygens (including phenoxy) is 1. The number of nitrogens with zero attached hydrogens (tertiary/aromatic N) is 2. The molecule has 0 aliphatic heterocycles. The van der Waals surface area contributed by atoms with Crippen molar-refractivity contribution in [1.29, 1.82) is 0 Å².